The molecule has 0 saturated carbocycles. The zero-order chi connectivity index (χ0) is 9.14. The Kier molecular flexibility index (Phi) is 2.65. The van der Waals surface area contributed by atoms with Gasteiger partial charge in [-0.1, -0.05) is 6.07 Å². The second-order valence-corrected chi connectivity index (χ2v) is 2.67. The van der Waals surface area contributed by atoms with E-state index in [4.69, 9.17) is 10.5 Å². The first-order valence-corrected chi connectivity index (χ1v) is 3.74. The third kappa shape index (κ3) is 1.74. The molecule has 1 aromatic rings. The van der Waals surface area contributed by atoms with E-state index in [0.29, 0.717) is 5.75 Å². The molecular weight excluding hydrogens is 157 g/mol. The number of ether oxygens (including phenoxy) is 1. The smallest absolute Gasteiger partial charge is 0.126 e. The van der Waals surface area contributed by atoms with E-state index in [9.17, 15) is 4.39 Å². The van der Waals surface area contributed by atoms with Crippen molar-refractivity contribution >= 4 is 0 Å². The fourth-order valence-electron chi connectivity index (χ4n) is 1.06. The molecule has 0 aliphatic heterocycles. The first-order valence-electron chi connectivity index (χ1n) is 3.74. The number of nitrogens with two attached hydrogens (primary N) is 1. The van der Waals surface area contributed by atoms with Gasteiger partial charge in [0, 0.05) is 17.7 Å². The number of rotatable bonds is 2. The van der Waals surface area contributed by atoms with Crippen molar-refractivity contribution in [3.05, 3.63) is 29.6 Å². The van der Waals surface area contributed by atoms with Gasteiger partial charge in [0.15, 0.2) is 0 Å². The topological polar surface area (TPSA) is 35.2 Å². The van der Waals surface area contributed by atoms with Gasteiger partial charge in [0.05, 0.1) is 7.11 Å². The molecule has 0 spiro atoms. The number of hydrogen-bond donors (Lipinski definition) is 1. The van der Waals surface area contributed by atoms with Gasteiger partial charge in [-0.25, -0.2) is 4.39 Å². The summed E-state index contributed by atoms with van der Waals surface area (Å²) in [6, 6.07) is 4.21. The average Bonchev–Trinajstić information content (AvgIpc) is 2.03. The van der Waals surface area contributed by atoms with Crippen LogP contribution in [-0.4, -0.2) is 7.11 Å². The van der Waals surface area contributed by atoms with Gasteiger partial charge in [0.2, 0.25) is 0 Å². The Hall–Kier alpha value is -1.09. The van der Waals surface area contributed by atoms with Crippen molar-refractivity contribution in [1.82, 2.24) is 0 Å². The third-order valence-corrected chi connectivity index (χ3v) is 1.69. The lowest BCUT2D eigenvalue weighted by atomic mass is 10.1. The van der Waals surface area contributed by atoms with Gasteiger partial charge < -0.3 is 10.5 Å². The van der Waals surface area contributed by atoms with Crippen molar-refractivity contribution in [1.29, 1.82) is 0 Å². The van der Waals surface area contributed by atoms with Crippen LogP contribution in [0.5, 0.6) is 5.75 Å². The SMILES string of the molecule is COc1cc(F)ccc1C(C)N. The van der Waals surface area contributed by atoms with Crippen LogP contribution >= 0.6 is 0 Å². The Morgan fingerprint density at radius 3 is 2.67 bits per heavy atom. The van der Waals surface area contributed by atoms with Crippen LogP contribution in [0.1, 0.15) is 18.5 Å². The summed E-state index contributed by atoms with van der Waals surface area (Å²) in [6.07, 6.45) is 0. The van der Waals surface area contributed by atoms with Crippen LogP contribution in [0.4, 0.5) is 4.39 Å². The Morgan fingerprint density at radius 1 is 1.50 bits per heavy atom. The molecule has 0 saturated heterocycles. The molecule has 1 atom stereocenters. The van der Waals surface area contributed by atoms with Gasteiger partial charge >= 0.3 is 0 Å². The van der Waals surface area contributed by atoms with Gasteiger partial charge in [-0.3, -0.25) is 0 Å². The lowest BCUT2D eigenvalue weighted by Gasteiger charge is -2.10. The van der Waals surface area contributed by atoms with E-state index in [-0.39, 0.29) is 11.9 Å². The van der Waals surface area contributed by atoms with E-state index in [0.717, 1.165) is 5.56 Å². The number of methoxy groups -OCH3 is 1. The molecule has 12 heavy (non-hydrogen) atoms. The number of benzene rings is 1. The second kappa shape index (κ2) is 3.54. The molecule has 66 valence electrons. The first kappa shape index (κ1) is 9.00. The highest BCUT2D eigenvalue weighted by Gasteiger charge is 2.07. The van der Waals surface area contributed by atoms with Crippen molar-refractivity contribution in [2.24, 2.45) is 5.73 Å². The predicted molar refractivity (Wildman–Crippen MR) is 45.6 cm³/mol. The highest BCUT2D eigenvalue weighted by atomic mass is 19.1. The van der Waals surface area contributed by atoms with Crippen LogP contribution in [0.3, 0.4) is 0 Å². The van der Waals surface area contributed by atoms with Crippen molar-refractivity contribution in [2.45, 2.75) is 13.0 Å². The fourth-order valence-corrected chi connectivity index (χ4v) is 1.06. The van der Waals surface area contributed by atoms with E-state index < -0.39 is 0 Å². The van der Waals surface area contributed by atoms with Crippen molar-refractivity contribution in [3.63, 3.8) is 0 Å². The molecule has 0 bridgehead atoms. The van der Waals surface area contributed by atoms with E-state index in [1.54, 1.807) is 6.07 Å². The van der Waals surface area contributed by atoms with Crippen LogP contribution in [0.2, 0.25) is 0 Å². The van der Waals surface area contributed by atoms with Gasteiger partial charge in [-0.2, -0.15) is 0 Å². The van der Waals surface area contributed by atoms with Gasteiger partial charge in [0.1, 0.15) is 11.6 Å². The summed E-state index contributed by atoms with van der Waals surface area (Å²) < 4.78 is 17.6. The van der Waals surface area contributed by atoms with E-state index >= 15 is 0 Å². The zero-order valence-corrected chi connectivity index (χ0v) is 7.17. The zero-order valence-electron chi connectivity index (χ0n) is 7.17. The molecule has 0 heterocycles. The number of halogens is 1. The molecule has 0 radical (unpaired) electrons. The van der Waals surface area contributed by atoms with E-state index in [1.807, 2.05) is 6.92 Å². The molecule has 1 unspecified atom stereocenters. The molecule has 0 aliphatic rings. The van der Waals surface area contributed by atoms with Crippen molar-refractivity contribution in [3.8, 4) is 5.75 Å². The molecule has 0 fully saturated rings. The minimum atomic E-state index is -0.309. The van der Waals surface area contributed by atoms with E-state index in [2.05, 4.69) is 0 Å². The average molecular weight is 169 g/mol. The van der Waals surface area contributed by atoms with Crippen LogP contribution in [0.25, 0.3) is 0 Å². The first-order chi connectivity index (χ1) is 5.65. The van der Waals surface area contributed by atoms with Crippen LogP contribution in [-0.2, 0) is 0 Å². The van der Waals surface area contributed by atoms with Gasteiger partial charge in [0.25, 0.3) is 0 Å². The Balaban J connectivity index is 3.11. The van der Waals surface area contributed by atoms with Crippen LogP contribution < -0.4 is 10.5 Å². The van der Waals surface area contributed by atoms with Gasteiger partial charge in [-0.05, 0) is 13.0 Å². The second-order valence-electron chi connectivity index (χ2n) is 2.67. The Labute approximate surface area is 71.1 Å². The number of hydrogen-bond acceptors (Lipinski definition) is 2. The van der Waals surface area contributed by atoms with Crippen LogP contribution in [0.15, 0.2) is 18.2 Å². The lowest BCUT2D eigenvalue weighted by molar-refractivity contribution is 0.403. The molecule has 0 aliphatic carbocycles. The summed E-state index contributed by atoms with van der Waals surface area (Å²) in [6.45, 7) is 1.83. The highest BCUT2D eigenvalue weighted by Crippen LogP contribution is 2.23. The van der Waals surface area contributed by atoms with Crippen molar-refractivity contribution < 1.29 is 9.13 Å². The summed E-state index contributed by atoms with van der Waals surface area (Å²) in [5, 5.41) is 0. The summed E-state index contributed by atoms with van der Waals surface area (Å²) in [7, 11) is 1.50. The predicted octanol–water partition coefficient (Wildman–Crippen LogP) is 1.85. The molecule has 0 amide bonds. The molecular formula is C9H12FNO. The van der Waals surface area contributed by atoms with Gasteiger partial charge in [-0.15, -0.1) is 0 Å². The quantitative estimate of drug-likeness (QED) is 0.733. The molecule has 2 N–H and O–H groups in total. The summed E-state index contributed by atoms with van der Waals surface area (Å²) in [4.78, 5) is 0. The maximum Gasteiger partial charge on any atom is 0.126 e. The summed E-state index contributed by atoms with van der Waals surface area (Å²) >= 11 is 0. The lowest BCUT2D eigenvalue weighted by Crippen LogP contribution is -2.06. The molecule has 1 rings (SSSR count). The summed E-state index contributed by atoms with van der Waals surface area (Å²) in [5.74, 6) is 0.196. The Bertz CT molecular complexity index is 273. The molecule has 1 aromatic carbocycles. The maximum absolute atomic E-state index is 12.7. The molecule has 3 heteroatoms. The van der Waals surface area contributed by atoms with Crippen LogP contribution in [0, 0.1) is 5.82 Å². The van der Waals surface area contributed by atoms with Crippen molar-refractivity contribution in [2.75, 3.05) is 7.11 Å². The largest absolute Gasteiger partial charge is 0.496 e. The maximum atomic E-state index is 12.7. The molecule has 0 aromatic heterocycles. The standard InChI is InChI=1S/C9H12FNO/c1-6(11)8-4-3-7(10)5-9(8)12-2/h3-6H,11H2,1-2H3. The third-order valence-electron chi connectivity index (χ3n) is 1.69. The van der Waals surface area contributed by atoms with E-state index in [1.165, 1.54) is 19.2 Å². The minimum Gasteiger partial charge on any atom is -0.496 e. The normalized spacial score (nSPS) is 12.7. The summed E-state index contributed by atoms with van der Waals surface area (Å²) in [5.41, 5.74) is 6.46. The highest BCUT2D eigenvalue weighted by molar-refractivity contribution is 5.35. The monoisotopic (exact) mass is 169 g/mol. The minimum absolute atomic E-state index is 0.138. The Morgan fingerprint density at radius 2 is 2.17 bits per heavy atom. The molecule has 2 nitrogen and oxygen atoms in total. The fraction of sp³-hybridized carbons (Fsp3) is 0.333.